The standard InChI is InChI=1S/C13H23NO2/c14-12(11-3-1-7-15-11)10-4-8-16-13(9-10)5-2-6-13/h10-12H,1-9,14H2. The van der Waals surface area contributed by atoms with E-state index in [9.17, 15) is 0 Å². The molecule has 2 saturated heterocycles. The van der Waals surface area contributed by atoms with Crippen molar-refractivity contribution in [3.8, 4) is 0 Å². The molecule has 16 heavy (non-hydrogen) atoms. The largest absolute Gasteiger partial charge is 0.377 e. The Morgan fingerprint density at radius 2 is 2.00 bits per heavy atom. The first-order valence-corrected chi connectivity index (χ1v) is 6.80. The molecule has 3 rings (SSSR count). The number of hydrogen-bond acceptors (Lipinski definition) is 3. The van der Waals surface area contributed by atoms with Crippen LogP contribution in [0.15, 0.2) is 0 Å². The van der Waals surface area contributed by atoms with Gasteiger partial charge < -0.3 is 15.2 Å². The first-order chi connectivity index (χ1) is 7.79. The average Bonchev–Trinajstić information content (AvgIpc) is 2.79. The van der Waals surface area contributed by atoms with Gasteiger partial charge in [-0.05, 0) is 50.9 Å². The van der Waals surface area contributed by atoms with E-state index in [4.69, 9.17) is 15.2 Å². The van der Waals surface area contributed by atoms with Crippen molar-refractivity contribution in [1.82, 2.24) is 0 Å². The van der Waals surface area contributed by atoms with E-state index in [1.54, 1.807) is 0 Å². The molecule has 3 heteroatoms. The zero-order valence-electron chi connectivity index (χ0n) is 9.99. The number of ether oxygens (including phenoxy) is 2. The summed E-state index contributed by atoms with van der Waals surface area (Å²) in [6.07, 6.45) is 8.81. The maximum Gasteiger partial charge on any atom is 0.0729 e. The summed E-state index contributed by atoms with van der Waals surface area (Å²) in [5.41, 5.74) is 6.59. The zero-order valence-corrected chi connectivity index (χ0v) is 9.99. The normalized spacial score (nSPS) is 39.6. The van der Waals surface area contributed by atoms with E-state index in [1.807, 2.05) is 0 Å². The van der Waals surface area contributed by atoms with Crippen LogP contribution in [-0.4, -0.2) is 31.0 Å². The van der Waals surface area contributed by atoms with Gasteiger partial charge in [0.05, 0.1) is 11.7 Å². The fourth-order valence-corrected chi connectivity index (χ4v) is 3.52. The maximum absolute atomic E-state index is 6.37. The molecule has 0 bridgehead atoms. The highest BCUT2D eigenvalue weighted by Gasteiger charge is 2.45. The topological polar surface area (TPSA) is 44.5 Å². The van der Waals surface area contributed by atoms with Crippen molar-refractivity contribution in [3.63, 3.8) is 0 Å². The maximum atomic E-state index is 6.37. The van der Waals surface area contributed by atoms with Gasteiger partial charge in [0.2, 0.25) is 0 Å². The van der Waals surface area contributed by atoms with Crippen molar-refractivity contribution in [2.24, 2.45) is 11.7 Å². The fraction of sp³-hybridized carbons (Fsp3) is 1.00. The minimum Gasteiger partial charge on any atom is -0.377 e. The lowest BCUT2D eigenvalue weighted by Crippen LogP contribution is -2.52. The number of nitrogens with two attached hydrogens (primary N) is 1. The summed E-state index contributed by atoms with van der Waals surface area (Å²) in [6.45, 7) is 1.82. The second-order valence-corrected chi connectivity index (χ2v) is 5.77. The molecule has 3 nitrogen and oxygen atoms in total. The molecule has 0 radical (unpaired) electrons. The molecule has 1 spiro atoms. The highest BCUT2D eigenvalue weighted by molar-refractivity contribution is 4.97. The molecular weight excluding hydrogens is 202 g/mol. The van der Waals surface area contributed by atoms with Gasteiger partial charge in [0.15, 0.2) is 0 Å². The lowest BCUT2D eigenvalue weighted by molar-refractivity contribution is -0.149. The zero-order chi connectivity index (χ0) is 11.0. The summed E-state index contributed by atoms with van der Waals surface area (Å²) >= 11 is 0. The fourth-order valence-electron chi connectivity index (χ4n) is 3.52. The van der Waals surface area contributed by atoms with Gasteiger partial charge in [-0.1, -0.05) is 0 Å². The molecule has 0 amide bonds. The molecule has 0 aromatic carbocycles. The molecule has 1 aliphatic carbocycles. The van der Waals surface area contributed by atoms with Crippen LogP contribution in [0.3, 0.4) is 0 Å². The second kappa shape index (κ2) is 4.28. The van der Waals surface area contributed by atoms with E-state index < -0.39 is 0 Å². The number of rotatable bonds is 2. The summed E-state index contributed by atoms with van der Waals surface area (Å²) in [6, 6.07) is 0.240. The molecule has 2 aliphatic heterocycles. The predicted octanol–water partition coefficient (Wildman–Crippen LogP) is 1.84. The van der Waals surface area contributed by atoms with Gasteiger partial charge in [-0.15, -0.1) is 0 Å². The van der Waals surface area contributed by atoms with Gasteiger partial charge in [0, 0.05) is 19.3 Å². The van der Waals surface area contributed by atoms with Crippen LogP contribution in [0.5, 0.6) is 0 Å². The Labute approximate surface area is 97.7 Å². The van der Waals surface area contributed by atoms with E-state index in [1.165, 1.54) is 32.1 Å². The van der Waals surface area contributed by atoms with E-state index in [0.29, 0.717) is 12.0 Å². The molecule has 0 aromatic rings. The molecule has 92 valence electrons. The van der Waals surface area contributed by atoms with E-state index in [2.05, 4.69) is 0 Å². The first-order valence-electron chi connectivity index (χ1n) is 6.80. The minimum absolute atomic E-state index is 0.221. The van der Waals surface area contributed by atoms with Gasteiger partial charge >= 0.3 is 0 Å². The predicted molar refractivity (Wildman–Crippen MR) is 62.2 cm³/mol. The number of hydrogen-bond donors (Lipinski definition) is 1. The summed E-state index contributed by atoms with van der Waals surface area (Å²) in [4.78, 5) is 0. The van der Waals surface area contributed by atoms with Gasteiger partial charge in [-0.25, -0.2) is 0 Å². The Morgan fingerprint density at radius 1 is 1.12 bits per heavy atom. The average molecular weight is 225 g/mol. The molecular formula is C13H23NO2. The third-order valence-corrected chi connectivity index (χ3v) is 4.73. The van der Waals surface area contributed by atoms with Crippen LogP contribution >= 0.6 is 0 Å². The van der Waals surface area contributed by atoms with Gasteiger partial charge in [0.25, 0.3) is 0 Å². The highest BCUT2D eigenvalue weighted by atomic mass is 16.5. The molecule has 3 unspecified atom stereocenters. The van der Waals surface area contributed by atoms with Crippen molar-refractivity contribution >= 4 is 0 Å². The van der Waals surface area contributed by atoms with Gasteiger partial charge in [-0.3, -0.25) is 0 Å². The van der Waals surface area contributed by atoms with Gasteiger partial charge in [-0.2, -0.15) is 0 Å². The molecule has 3 fully saturated rings. The molecule has 2 heterocycles. The van der Waals surface area contributed by atoms with Crippen LogP contribution < -0.4 is 5.73 Å². The van der Waals surface area contributed by atoms with Crippen LogP contribution in [-0.2, 0) is 9.47 Å². The van der Waals surface area contributed by atoms with Crippen molar-refractivity contribution in [1.29, 1.82) is 0 Å². The van der Waals surface area contributed by atoms with E-state index in [0.717, 1.165) is 26.1 Å². The quantitative estimate of drug-likeness (QED) is 0.780. The Hall–Kier alpha value is -0.120. The van der Waals surface area contributed by atoms with Crippen LogP contribution in [0.2, 0.25) is 0 Å². The molecule has 1 saturated carbocycles. The van der Waals surface area contributed by atoms with E-state index in [-0.39, 0.29) is 11.6 Å². The molecule has 2 N–H and O–H groups in total. The molecule has 0 aromatic heterocycles. The summed E-state index contributed by atoms with van der Waals surface area (Å²) < 4.78 is 11.7. The molecule has 3 atom stereocenters. The Balaban J connectivity index is 1.60. The Bertz CT molecular complexity index is 246. The van der Waals surface area contributed by atoms with Crippen molar-refractivity contribution in [3.05, 3.63) is 0 Å². The summed E-state index contributed by atoms with van der Waals surface area (Å²) in [5.74, 6) is 0.622. The smallest absolute Gasteiger partial charge is 0.0729 e. The monoisotopic (exact) mass is 225 g/mol. The van der Waals surface area contributed by atoms with E-state index >= 15 is 0 Å². The third-order valence-electron chi connectivity index (χ3n) is 4.73. The molecule has 3 aliphatic rings. The third kappa shape index (κ3) is 1.89. The first kappa shape index (κ1) is 11.0. The summed E-state index contributed by atoms with van der Waals surface area (Å²) in [5, 5.41) is 0. The van der Waals surface area contributed by atoms with Crippen LogP contribution in [0.1, 0.15) is 44.9 Å². The lowest BCUT2D eigenvalue weighted by atomic mass is 9.70. The second-order valence-electron chi connectivity index (χ2n) is 5.77. The minimum atomic E-state index is 0.221. The highest BCUT2D eigenvalue weighted by Crippen LogP contribution is 2.45. The van der Waals surface area contributed by atoms with Crippen molar-refractivity contribution in [2.45, 2.75) is 62.7 Å². The lowest BCUT2D eigenvalue weighted by Gasteiger charge is -2.48. The van der Waals surface area contributed by atoms with Crippen LogP contribution in [0, 0.1) is 5.92 Å². The summed E-state index contributed by atoms with van der Waals surface area (Å²) in [7, 11) is 0. The van der Waals surface area contributed by atoms with Crippen LogP contribution in [0.4, 0.5) is 0 Å². The van der Waals surface area contributed by atoms with Gasteiger partial charge in [0.1, 0.15) is 0 Å². The van der Waals surface area contributed by atoms with Crippen molar-refractivity contribution in [2.75, 3.05) is 13.2 Å². The Morgan fingerprint density at radius 3 is 2.62 bits per heavy atom. The Kier molecular flexibility index (Phi) is 2.94. The SMILES string of the molecule is NC(C1CCOC2(CCC2)C1)C1CCCO1. The van der Waals surface area contributed by atoms with Crippen molar-refractivity contribution < 1.29 is 9.47 Å². The van der Waals surface area contributed by atoms with Crippen LogP contribution in [0.25, 0.3) is 0 Å².